The Morgan fingerprint density at radius 2 is 1.93 bits per heavy atom. The largest absolute Gasteiger partial charge is 0.379 e. The number of aromatic nitrogens is 4. The van der Waals surface area contributed by atoms with Gasteiger partial charge in [0.2, 0.25) is 5.78 Å². The standard InChI is InChI=1S/C20H18FN5O/c1-2-13-5-3-4-6-17(13)22-12-16-11-18(27)26-20(23-16)24-19(25-26)14-7-9-15(21)10-8-14/h3-11,22H,2,12H2,1H3,(H,23,24,25). The minimum atomic E-state index is -0.334. The molecule has 0 aliphatic carbocycles. The number of rotatable bonds is 5. The van der Waals surface area contributed by atoms with E-state index in [0.29, 0.717) is 29.4 Å². The summed E-state index contributed by atoms with van der Waals surface area (Å²) in [7, 11) is 0. The fourth-order valence-electron chi connectivity index (χ4n) is 2.94. The first-order valence-electron chi connectivity index (χ1n) is 8.70. The third-order valence-electron chi connectivity index (χ3n) is 4.36. The number of halogens is 1. The number of nitrogens with zero attached hydrogens (tertiary/aromatic N) is 3. The Hall–Kier alpha value is -3.48. The van der Waals surface area contributed by atoms with Crippen molar-refractivity contribution in [1.29, 1.82) is 0 Å². The molecular weight excluding hydrogens is 345 g/mol. The van der Waals surface area contributed by atoms with Gasteiger partial charge in [0.25, 0.3) is 5.56 Å². The van der Waals surface area contributed by atoms with E-state index in [1.807, 2.05) is 18.2 Å². The van der Waals surface area contributed by atoms with Crippen molar-refractivity contribution >= 4 is 11.5 Å². The van der Waals surface area contributed by atoms with Gasteiger partial charge in [0.1, 0.15) is 5.82 Å². The number of aromatic amines is 1. The smallest absolute Gasteiger partial charge is 0.275 e. The third kappa shape index (κ3) is 3.44. The van der Waals surface area contributed by atoms with E-state index < -0.39 is 0 Å². The lowest BCUT2D eigenvalue weighted by atomic mass is 10.1. The number of aryl methyl sites for hydroxylation is 1. The molecule has 2 heterocycles. The van der Waals surface area contributed by atoms with Gasteiger partial charge in [-0.1, -0.05) is 25.1 Å². The van der Waals surface area contributed by atoms with Crippen molar-refractivity contribution in [1.82, 2.24) is 19.6 Å². The van der Waals surface area contributed by atoms with Gasteiger partial charge in [0, 0.05) is 23.0 Å². The zero-order valence-corrected chi connectivity index (χ0v) is 14.7. The number of para-hydroxylation sites is 1. The molecule has 0 saturated heterocycles. The van der Waals surface area contributed by atoms with Crippen molar-refractivity contribution in [3.8, 4) is 11.4 Å². The zero-order valence-electron chi connectivity index (χ0n) is 14.7. The Bertz CT molecular complexity index is 1150. The predicted octanol–water partition coefficient (Wildman–Crippen LogP) is 3.40. The van der Waals surface area contributed by atoms with Crippen molar-refractivity contribution < 1.29 is 4.39 Å². The third-order valence-corrected chi connectivity index (χ3v) is 4.36. The van der Waals surface area contributed by atoms with Gasteiger partial charge in [-0.3, -0.25) is 4.79 Å². The second kappa shape index (κ2) is 7.03. The molecule has 2 aromatic heterocycles. The first-order valence-corrected chi connectivity index (χ1v) is 8.70. The lowest BCUT2D eigenvalue weighted by Gasteiger charge is -2.10. The van der Waals surface area contributed by atoms with Crippen molar-refractivity contribution in [2.75, 3.05) is 5.32 Å². The van der Waals surface area contributed by atoms with Crippen LogP contribution in [-0.4, -0.2) is 19.6 Å². The summed E-state index contributed by atoms with van der Waals surface area (Å²) in [4.78, 5) is 19.9. The van der Waals surface area contributed by atoms with Gasteiger partial charge in [-0.05, 0) is 42.3 Å². The molecule has 27 heavy (non-hydrogen) atoms. The van der Waals surface area contributed by atoms with Crippen LogP contribution in [0.25, 0.3) is 17.2 Å². The highest BCUT2D eigenvalue weighted by atomic mass is 19.1. The minimum absolute atomic E-state index is 0.273. The van der Waals surface area contributed by atoms with Crippen molar-refractivity contribution in [2.45, 2.75) is 19.9 Å². The Morgan fingerprint density at radius 1 is 1.15 bits per heavy atom. The number of fused-ring (bicyclic) bond motifs is 1. The molecule has 0 radical (unpaired) electrons. The molecule has 0 atom stereocenters. The van der Waals surface area contributed by atoms with Crippen LogP contribution in [0.1, 0.15) is 18.2 Å². The van der Waals surface area contributed by atoms with Gasteiger partial charge >= 0.3 is 0 Å². The molecule has 0 fully saturated rings. The van der Waals surface area contributed by atoms with Crippen LogP contribution in [0.5, 0.6) is 0 Å². The van der Waals surface area contributed by atoms with E-state index in [0.717, 1.165) is 12.1 Å². The highest BCUT2D eigenvalue weighted by molar-refractivity contribution is 5.56. The highest BCUT2D eigenvalue weighted by Gasteiger charge is 2.10. The first-order chi connectivity index (χ1) is 13.1. The Labute approximate surface area is 154 Å². The summed E-state index contributed by atoms with van der Waals surface area (Å²) in [6.07, 6.45) is 0.921. The second-order valence-electron chi connectivity index (χ2n) is 6.17. The predicted molar refractivity (Wildman–Crippen MR) is 102 cm³/mol. The molecule has 4 aromatic rings. The summed E-state index contributed by atoms with van der Waals surface area (Å²) >= 11 is 0. The Morgan fingerprint density at radius 3 is 2.70 bits per heavy atom. The van der Waals surface area contributed by atoms with E-state index in [2.05, 4.69) is 33.4 Å². The molecule has 0 aliphatic rings. The average molecular weight is 363 g/mol. The quantitative estimate of drug-likeness (QED) is 0.570. The molecule has 0 saturated carbocycles. The van der Waals surface area contributed by atoms with Crippen LogP contribution >= 0.6 is 0 Å². The van der Waals surface area contributed by atoms with E-state index in [4.69, 9.17) is 0 Å². The molecule has 0 spiro atoms. The molecule has 136 valence electrons. The normalized spacial score (nSPS) is 11.0. The maximum absolute atomic E-state index is 13.1. The number of hydrogen-bond acceptors (Lipinski definition) is 4. The topological polar surface area (TPSA) is 75.1 Å². The van der Waals surface area contributed by atoms with Crippen LogP contribution < -0.4 is 10.9 Å². The molecule has 2 N–H and O–H groups in total. The van der Waals surface area contributed by atoms with Crippen molar-refractivity contribution in [3.05, 3.63) is 82.0 Å². The maximum Gasteiger partial charge on any atom is 0.275 e. The van der Waals surface area contributed by atoms with Crippen LogP contribution in [0.15, 0.2) is 59.4 Å². The lowest BCUT2D eigenvalue weighted by molar-refractivity contribution is 0.628. The monoisotopic (exact) mass is 363 g/mol. The van der Waals surface area contributed by atoms with E-state index >= 15 is 0 Å². The zero-order chi connectivity index (χ0) is 18.8. The molecule has 4 rings (SSSR count). The molecule has 0 amide bonds. The van der Waals surface area contributed by atoms with E-state index in [9.17, 15) is 9.18 Å². The summed E-state index contributed by atoms with van der Waals surface area (Å²) in [6.45, 7) is 2.56. The van der Waals surface area contributed by atoms with Crippen LogP contribution in [0, 0.1) is 5.82 Å². The Kier molecular flexibility index (Phi) is 4.42. The number of hydrogen-bond donors (Lipinski definition) is 2. The van der Waals surface area contributed by atoms with Gasteiger partial charge in [-0.2, -0.15) is 9.50 Å². The first kappa shape index (κ1) is 17.0. The van der Waals surface area contributed by atoms with Gasteiger partial charge in [0.05, 0.1) is 6.54 Å². The SMILES string of the molecule is CCc1ccccc1NCc1cc(=O)n2nc(-c3ccc(F)cc3)nc2[nH]1. The average Bonchev–Trinajstić information content (AvgIpc) is 3.12. The summed E-state index contributed by atoms with van der Waals surface area (Å²) in [5.41, 5.74) is 3.32. The van der Waals surface area contributed by atoms with E-state index in [1.54, 1.807) is 12.1 Å². The highest BCUT2D eigenvalue weighted by Crippen LogP contribution is 2.17. The van der Waals surface area contributed by atoms with E-state index in [1.165, 1.54) is 28.3 Å². The molecule has 0 bridgehead atoms. The lowest BCUT2D eigenvalue weighted by Crippen LogP contribution is -2.17. The van der Waals surface area contributed by atoms with Gasteiger partial charge in [0.15, 0.2) is 5.82 Å². The van der Waals surface area contributed by atoms with Gasteiger partial charge < -0.3 is 10.3 Å². The van der Waals surface area contributed by atoms with Crippen LogP contribution in [-0.2, 0) is 13.0 Å². The Balaban J connectivity index is 1.63. The number of benzene rings is 2. The number of H-pyrrole nitrogens is 1. The van der Waals surface area contributed by atoms with Crippen molar-refractivity contribution in [3.63, 3.8) is 0 Å². The van der Waals surface area contributed by atoms with Crippen LogP contribution in [0.3, 0.4) is 0 Å². The maximum atomic E-state index is 13.1. The summed E-state index contributed by atoms with van der Waals surface area (Å²) in [5, 5.41) is 7.57. The second-order valence-corrected chi connectivity index (χ2v) is 6.17. The summed E-state index contributed by atoms with van der Waals surface area (Å²) < 4.78 is 14.3. The van der Waals surface area contributed by atoms with E-state index in [-0.39, 0.29) is 11.4 Å². The summed E-state index contributed by atoms with van der Waals surface area (Å²) in [5.74, 6) is 0.381. The summed E-state index contributed by atoms with van der Waals surface area (Å²) in [6, 6.07) is 15.4. The van der Waals surface area contributed by atoms with Crippen LogP contribution in [0.2, 0.25) is 0 Å². The molecule has 6 nitrogen and oxygen atoms in total. The van der Waals surface area contributed by atoms with Crippen LogP contribution in [0.4, 0.5) is 10.1 Å². The molecule has 0 unspecified atom stereocenters. The van der Waals surface area contributed by atoms with Gasteiger partial charge in [-0.15, -0.1) is 5.10 Å². The van der Waals surface area contributed by atoms with Crippen molar-refractivity contribution in [2.24, 2.45) is 0 Å². The molecule has 2 aromatic carbocycles. The molecule has 0 aliphatic heterocycles. The minimum Gasteiger partial charge on any atom is -0.379 e. The molecule has 7 heteroatoms. The van der Waals surface area contributed by atoms with Gasteiger partial charge in [-0.25, -0.2) is 4.39 Å². The number of anilines is 1. The molecular formula is C20H18FN5O. The number of nitrogens with one attached hydrogen (secondary N) is 2. The fraction of sp³-hybridized carbons (Fsp3) is 0.150. The fourth-order valence-corrected chi connectivity index (χ4v) is 2.94.